The van der Waals surface area contributed by atoms with Gasteiger partial charge < -0.3 is 5.11 Å². The van der Waals surface area contributed by atoms with Gasteiger partial charge in [-0.05, 0) is 79.5 Å². The van der Waals surface area contributed by atoms with Crippen molar-refractivity contribution >= 4 is 29.2 Å². The summed E-state index contributed by atoms with van der Waals surface area (Å²) in [6, 6.07) is 10.7. The lowest BCUT2D eigenvalue weighted by Gasteiger charge is -2.20. The summed E-state index contributed by atoms with van der Waals surface area (Å²) in [7, 11) is 0. The number of carboxylic acid groups (broad SMARTS) is 1. The molecule has 2 atom stereocenters. The molecule has 1 fully saturated rings. The molecular weight excluding hydrogens is 405 g/mol. The molecule has 1 aliphatic rings. The second kappa shape index (κ2) is 9.51. The monoisotopic (exact) mass is 433 g/mol. The van der Waals surface area contributed by atoms with Gasteiger partial charge in [0.25, 0.3) is 0 Å². The van der Waals surface area contributed by atoms with Crippen LogP contribution in [0.2, 0.25) is 10.0 Å². The largest absolute Gasteiger partial charge is 0.481 e. The maximum Gasteiger partial charge on any atom is 0.307 e. The third-order valence-corrected chi connectivity index (χ3v) is 7.00. The van der Waals surface area contributed by atoms with E-state index in [1.165, 1.54) is 11.1 Å². The minimum atomic E-state index is -0.702. The van der Waals surface area contributed by atoms with Crippen LogP contribution in [-0.4, -0.2) is 29.1 Å². The molecule has 1 heterocycles. The second-order valence-electron chi connectivity index (χ2n) is 8.26. The summed E-state index contributed by atoms with van der Waals surface area (Å²) in [5, 5.41) is 10.8. The Hall–Kier alpha value is -1.55. The fourth-order valence-electron chi connectivity index (χ4n) is 4.29. The lowest BCUT2D eigenvalue weighted by Crippen LogP contribution is -2.23. The highest BCUT2D eigenvalue weighted by Gasteiger charge is 2.28. The van der Waals surface area contributed by atoms with Gasteiger partial charge >= 0.3 is 5.97 Å². The molecule has 2 aromatic rings. The van der Waals surface area contributed by atoms with Crippen molar-refractivity contribution in [2.45, 2.75) is 52.5 Å². The van der Waals surface area contributed by atoms with Gasteiger partial charge in [-0.1, -0.05) is 54.4 Å². The van der Waals surface area contributed by atoms with Crippen molar-refractivity contribution in [1.82, 2.24) is 4.90 Å². The van der Waals surface area contributed by atoms with Crippen molar-refractivity contribution in [2.75, 3.05) is 13.1 Å². The Kier molecular flexibility index (Phi) is 7.26. The molecule has 0 saturated carbocycles. The topological polar surface area (TPSA) is 40.5 Å². The maximum absolute atomic E-state index is 11.2. The number of carbonyl (C=O) groups is 1. The zero-order chi connectivity index (χ0) is 21.1. The first-order valence-electron chi connectivity index (χ1n) is 10.3. The van der Waals surface area contributed by atoms with E-state index in [0.717, 1.165) is 46.1 Å². The highest BCUT2D eigenvalue weighted by atomic mass is 35.5. The number of aliphatic carboxylic acids is 1. The van der Waals surface area contributed by atoms with E-state index >= 15 is 0 Å². The van der Waals surface area contributed by atoms with Crippen LogP contribution in [0.1, 0.15) is 53.5 Å². The van der Waals surface area contributed by atoms with Gasteiger partial charge in [-0.15, -0.1) is 0 Å². The Morgan fingerprint density at radius 3 is 2.48 bits per heavy atom. The number of carboxylic acids is 1. The van der Waals surface area contributed by atoms with Crippen LogP contribution < -0.4 is 0 Å². The Balaban J connectivity index is 1.75. The Morgan fingerprint density at radius 1 is 1.21 bits per heavy atom. The van der Waals surface area contributed by atoms with Crippen molar-refractivity contribution < 1.29 is 9.90 Å². The first-order valence-corrected chi connectivity index (χ1v) is 11.0. The summed E-state index contributed by atoms with van der Waals surface area (Å²) in [6.07, 6.45) is 2.70. The molecule has 29 heavy (non-hydrogen) atoms. The minimum absolute atomic E-state index is 0.266. The number of rotatable bonds is 7. The van der Waals surface area contributed by atoms with Gasteiger partial charge in [0, 0.05) is 23.1 Å². The number of benzene rings is 2. The van der Waals surface area contributed by atoms with Gasteiger partial charge in [0.2, 0.25) is 0 Å². The highest BCUT2D eigenvalue weighted by Crippen LogP contribution is 2.31. The van der Waals surface area contributed by atoms with Gasteiger partial charge in [-0.25, -0.2) is 0 Å². The van der Waals surface area contributed by atoms with Crippen LogP contribution in [0.5, 0.6) is 0 Å². The summed E-state index contributed by atoms with van der Waals surface area (Å²) in [5.74, 6) is -0.550. The van der Waals surface area contributed by atoms with E-state index in [2.05, 4.69) is 49.9 Å². The van der Waals surface area contributed by atoms with Crippen molar-refractivity contribution in [3.63, 3.8) is 0 Å². The van der Waals surface area contributed by atoms with E-state index < -0.39 is 5.97 Å². The van der Waals surface area contributed by atoms with Crippen molar-refractivity contribution in [1.29, 1.82) is 0 Å². The lowest BCUT2D eigenvalue weighted by molar-refractivity contribution is -0.141. The molecule has 3 rings (SSSR count). The third-order valence-electron chi connectivity index (χ3n) is 6.03. The van der Waals surface area contributed by atoms with E-state index in [-0.39, 0.29) is 5.92 Å². The van der Waals surface area contributed by atoms with E-state index in [1.807, 2.05) is 6.07 Å². The molecule has 0 amide bonds. The van der Waals surface area contributed by atoms with Crippen LogP contribution in [0.15, 0.2) is 30.3 Å². The number of hydrogen-bond acceptors (Lipinski definition) is 2. The van der Waals surface area contributed by atoms with Crippen LogP contribution >= 0.6 is 23.2 Å². The zero-order valence-electron chi connectivity index (χ0n) is 17.3. The van der Waals surface area contributed by atoms with E-state index in [0.29, 0.717) is 25.4 Å². The van der Waals surface area contributed by atoms with Crippen LogP contribution in [0.25, 0.3) is 0 Å². The summed E-state index contributed by atoms with van der Waals surface area (Å²) < 4.78 is 0. The predicted molar refractivity (Wildman–Crippen MR) is 120 cm³/mol. The number of aryl methyl sites for hydroxylation is 2. The predicted octanol–water partition coefficient (Wildman–Crippen LogP) is 6.25. The average molecular weight is 434 g/mol. The van der Waals surface area contributed by atoms with Crippen molar-refractivity contribution in [2.24, 2.45) is 5.92 Å². The van der Waals surface area contributed by atoms with Gasteiger partial charge in [0.05, 0.1) is 5.92 Å². The summed E-state index contributed by atoms with van der Waals surface area (Å²) in [4.78, 5) is 13.4. The quantitative estimate of drug-likeness (QED) is 0.560. The van der Waals surface area contributed by atoms with Crippen molar-refractivity contribution in [3.05, 3.63) is 68.2 Å². The highest BCUT2D eigenvalue weighted by molar-refractivity contribution is 6.32. The van der Waals surface area contributed by atoms with Crippen LogP contribution in [0.3, 0.4) is 0 Å². The number of hydrogen-bond donors (Lipinski definition) is 1. The molecule has 1 N–H and O–H groups in total. The Labute approximate surface area is 183 Å². The standard InChI is InChI=1S/C24H29Cl2NO2/c1-4-18(20-9-15(2)23(26)16(3)10-20)11-17-5-6-22(25)21(12-17)14-27-8-7-19(13-27)24(28)29/h5-6,9-10,12,18-19H,4,7-8,11,13-14H2,1-3H3,(H,28,29)/t18-,19+/m0/s1. The normalized spacial score (nSPS) is 18.2. The van der Waals surface area contributed by atoms with Crippen LogP contribution in [-0.2, 0) is 17.8 Å². The molecule has 0 radical (unpaired) electrons. The summed E-state index contributed by atoms with van der Waals surface area (Å²) in [5.41, 5.74) is 5.91. The molecule has 1 aliphatic heterocycles. The first kappa shape index (κ1) is 22.1. The second-order valence-corrected chi connectivity index (χ2v) is 9.05. The molecule has 0 spiro atoms. The smallest absolute Gasteiger partial charge is 0.307 e. The van der Waals surface area contributed by atoms with Crippen molar-refractivity contribution in [3.8, 4) is 0 Å². The molecule has 156 valence electrons. The van der Waals surface area contributed by atoms with Crippen LogP contribution in [0.4, 0.5) is 0 Å². The maximum atomic E-state index is 11.2. The third kappa shape index (κ3) is 5.33. The molecule has 2 aromatic carbocycles. The van der Waals surface area contributed by atoms with Gasteiger partial charge in [-0.2, -0.15) is 0 Å². The molecule has 0 aliphatic carbocycles. The van der Waals surface area contributed by atoms with Gasteiger partial charge in [0.1, 0.15) is 0 Å². The Bertz CT molecular complexity index is 873. The molecule has 0 unspecified atom stereocenters. The van der Waals surface area contributed by atoms with Crippen LogP contribution in [0, 0.1) is 19.8 Å². The van der Waals surface area contributed by atoms with E-state index in [1.54, 1.807) is 0 Å². The summed E-state index contributed by atoms with van der Waals surface area (Å²) in [6.45, 7) is 8.44. The Morgan fingerprint density at radius 2 is 1.90 bits per heavy atom. The number of nitrogens with zero attached hydrogens (tertiary/aromatic N) is 1. The summed E-state index contributed by atoms with van der Waals surface area (Å²) >= 11 is 12.8. The average Bonchev–Trinajstić information content (AvgIpc) is 3.15. The molecule has 0 aromatic heterocycles. The molecule has 1 saturated heterocycles. The minimum Gasteiger partial charge on any atom is -0.481 e. The van der Waals surface area contributed by atoms with E-state index in [4.69, 9.17) is 23.2 Å². The SMILES string of the molecule is CC[C@@H](Cc1ccc(Cl)c(CN2CC[C@@H](C(=O)O)C2)c1)c1cc(C)c(Cl)c(C)c1. The van der Waals surface area contributed by atoms with Gasteiger partial charge in [0.15, 0.2) is 0 Å². The molecule has 5 heteroatoms. The molecule has 0 bridgehead atoms. The lowest BCUT2D eigenvalue weighted by atomic mass is 9.87. The molecular formula is C24H29Cl2NO2. The van der Waals surface area contributed by atoms with Gasteiger partial charge in [-0.3, -0.25) is 9.69 Å². The van der Waals surface area contributed by atoms with E-state index in [9.17, 15) is 9.90 Å². The number of halogens is 2. The molecule has 3 nitrogen and oxygen atoms in total. The first-order chi connectivity index (χ1) is 13.8. The fraction of sp³-hybridized carbons (Fsp3) is 0.458. The zero-order valence-corrected chi connectivity index (χ0v) is 18.9. The number of likely N-dealkylation sites (tertiary alicyclic amines) is 1. The fourth-order valence-corrected chi connectivity index (χ4v) is 4.58.